The second kappa shape index (κ2) is 9.46. The fraction of sp³-hybridized carbons (Fsp3) is 0.333. The Bertz CT molecular complexity index is 1200. The van der Waals surface area contributed by atoms with Crippen molar-refractivity contribution in [3.8, 4) is 0 Å². The average Bonchev–Trinajstić information content (AvgIpc) is 3.13. The molecule has 0 unspecified atom stereocenters. The lowest BCUT2D eigenvalue weighted by molar-refractivity contribution is -0.122. The van der Waals surface area contributed by atoms with Crippen molar-refractivity contribution in [3.05, 3.63) is 71.3 Å². The minimum absolute atomic E-state index is 0.0569. The highest BCUT2D eigenvalue weighted by Crippen LogP contribution is 2.39. The summed E-state index contributed by atoms with van der Waals surface area (Å²) in [5.41, 5.74) is 3.14. The van der Waals surface area contributed by atoms with Crippen molar-refractivity contribution in [1.82, 2.24) is 4.90 Å². The van der Waals surface area contributed by atoms with Crippen molar-refractivity contribution in [2.75, 3.05) is 36.5 Å². The van der Waals surface area contributed by atoms with E-state index in [1.165, 1.54) is 4.90 Å². The minimum atomic E-state index is -0.323. The molecule has 8 heteroatoms. The van der Waals surface area contributed by atoms with Crippen LogP contribution in [0.3, 0.4) is 0 Å². The number of allylic oxidation sites excluding steroid dienone is 2. The summed E-state index contributed by atoms with van der Waals surface area (Å²) in [5, 5.41) is 2.82. The van der Waals surface area contributed by atoms with Gasteiger partial charge in [-0.25, -0.2) is 0 Å². The highest BCUT2D eigenvalue weighted by molar-refractivity contribution is 6.22. The van der Waals surface area contributed by atoms with Crippen LogP contribution in [0.5, 0.6) is 0 Å². The van der Waals surface area contributed by atoms with Crippen molar-refractivity contribution < 1.29 is 23.9 Å². The fourth-order valence-electron chi connectivity index (χ4n) is 4.90. The first kappa shape index (κ1) is 23.0. The summed E-state index contributed by atoms with van der Waals surface area (Å²) in [5.74, 6) is -1.32. The van der Waals surface area contributed by atoms with Gasteiger partial charge in [0, 0.05) is 29.9 Å². The minimum Gasteiger partial charge on any atom is -0.378 e. The van der Waals surface area contributed by atoms with Gasteiger partial charge in [0.1, 0.15) is 0 Å². The smallest absolute Gasteiger partial charge is 0.255 e. The molecule has 2 saturated heterocycles. The lowest BCUT2D eigenvalue weighted by atomic mass is 9.82. The molecule has 3 aliphatic rings. The van der Waals surface area contributed by atoms with Crippen LogP contribution < -0.4 is 10.2 Å². The van der Waals surface area contributed by atoms with Crippen LogP contribution in [0.4, 0.5) is 11.4 Å². The first-order valence-electron chi connectivity index (χ1n) is 11.8. The van der Waals surface area contributed by atoms with Gasteiger partial charge >= 0.3 is 0 Å². The number of anilines is 2. The molecule has 4 amide bonds. The SMILES string of the molecule is CC1=CC[C@H]2C(=O)N(c3ccc(C(=O)Nc4ccc(C(=O)N5CCOCC5)cc4)cc3)C(=O)[C@@H]2C1. The molecule has 0 spiro atoms. The molecule has 1 N–H and O–H groups in total. The molecular formula is C27H27N3O5. The molecule has 2 atom stereocenters. The summed E-state index contributed by atoms with van der Waals surface area (Å²) in [7, 11) is 0. The third-order valence-corrected chi connectivity index (χ3v) is 6.90. The molecule has 180 valence electrons. The first-order chi connectivity index (χ1) is 16.9. The Labute approximate surface area is 203 Å². The number of carbonyl (C=O) groups excluding carboxylic acids is 4. The van der Waals surface area contributed by atoms with Crippen molar-refractivity contribution in [3.63, 3.8) is 0 Å². The Morgan fingerprint density at radius 2 is 1.51 bits per heavy atom. The van der Waals surface area contributed by atoms with Crippen molar-refractivity contribution in [2.45, 2.75) is 19.8 Å². The normalized spacial score (nSPS) is 22.0. The van der Waals surface area contributed by atoms with Crippen molar-refractivity contribution >= 4 is 35.0 Å². The Hall–Kier alpha value is -3.78. The van der Waals surface area contributed by atoms with Crippen LogP contribution in [0.15, 0.2) is 60.2 Å². The largest absolute Gasteiger partial charge is 0.378 e. The maximum absolute atomic E-state index is 12.9. The van der Waals surface area contributed by atoms with Crippen LogP contribution in [-0.2, 0) is 14.3 Å². The third kappa shape index (κ3) is 4.49. The molecule has 0 radical (unpaired) electrons. The molecule has 35 heavy (non-hydrogen) atoms. The Morgan fingerprint density at radius 1 is 0.886 bits per heavy atom. The molecule has 1 aliphatic carbocycles. The molecule has 8 nitrogen and oxygen atoms in total. The summed E-state index contributed by atoms with van der Waals surface area (Å²) in [6, 6.07) is 13.2. The van der Waals surface area contributed by atoms with Gasteiger partial charge in [-0.3, -0.25) is 24.1 Å². The van der Waals surface area contributed by atoms with E-state index in [4.69, 9.17) is 4.74 Å². The maximum Gasteiger partial charge on any atom is 0.255 e. The van der Waals surface area contributed by atoms with E-state index in [1.54, 1.807) is 53.4 Å². The molecule has 2 aromatic carbocycles. The predicted octanol–water partition coefficient (Wildman–Crippen LogP) is 3.26. The molecule has 0 saturated carbocycles. The quantitative estimate of drug-likeness (QED) is 0.543. The number of morpholine rings is 1. The standard InChI is InChI=1S/C27H27N3O5/c1-17-2-11-22-23(16-17)27(34)30(26(22)33)21-9-5-18(6-10-21)24(31)28-20-7-3-19(4-8-20)25(32)29-12-14-35-15-13-29/h2-10,22-23H,11-16H2,1H3,(H,28,31)/t22-,23-/m1/s1. The van der Waals surface area contributed by atoms with Gasteiger partial charge in [0.25, 0.3) is 11.8 Å². The zero-order valence-electron chi connectivity index (χ0n) is 19.5. The maximum atomic E-state index is 12.9. The van der Waals surface area contributed by atoms with E-state index in [1.807, 2.05) is 13.0 Å². The van der Waals surface area contributed by atoms with Crippen molar-refractivity contribution in [2.24, 2.45) is 11.8 Å². The average molecular weight is 474 g/mol. The van der Waals surface area contributed by atoms with Gasteiger partial charge in [0.2, 0.25) is 11.8 Å². The molecule has 2 aromatic rings. The van der Waals surface area contributed by atoms with E-state index in [9.17, 15) is 19.2 Å². The molecule has 0 bridgehead atoms. The summed E-state index contributed by atoms with van der Waals surface area (Å²) in [6.07, 6.45) is 3.24. The topological polar surface area (TPSA) is 96.0 Å². The lowest BCUT2D eigenvalue weighted by Gasteiger charge is -2.26. The van der Waals surface area contributed by atoms with E-state index in [-0.39, 0.29) is 35.5 Å². The van der Waals surface area contributed by atoms with Crippen LogP contribution in [-0.4, -0.2) is 54.8 Å². The summed E-state index contributed by atoms with van der Waals surface area (Å²) >= 11 is 0. The zero-order chi connectivity index (χ0) is 24.5. The molecule has 5 rings (SSSR count). The van der Waals surface area contributed by atoms with Crippen LogP contribution in [0, 0.1) is 11.8 Å². The molecule has 2 heterocycles. The van der Waals surface area contributed by atoms with Gasteiger partial charge in [-0.2, -0.15) is 0 Å². The van der Waals surface area contributed by atoms with Crippen LogP contribution in [0.25, 0.3) is 0 Å². The second-order valence-electron chi connectivity index (χ2n) is 9.20. The number of amides is 4. The Balaban J connectivity index is 1.23. The van der Waals surface area contributed by atoms with Gasteiger partial charge < -0.3 is 15.0 Å². The number of hydrogen-bond donors (Lipinski definition) is 1. The van der Waals surface area contributed by atoms with E-state index in [0.717, 1.165) is 5.57 Å². The number of rotatable bonds is 4. The fourth-order valence-corrected chi connectivity index (χ4v) is 4.90. The Morgan fingerprint density at radius 3 is 2.20 bits per heavy atom. The number of ether oxygens (including phenoxy) is 1. The highest BCUT2D eigenvalue weighted by Gasteiger charge is 2.48. The lowest BCUT2D eigenvalue weighted by Crippen LogP contribution is -2.40. The number of nitrogens with zero attached hydrogens (tertiary/aromatic N) is 2. The van der Waals surface area contributed by atoms with Crippen LogP contribution >= 0.6 is 0 Å². The third-order valence-electron chi connectivity index (χ3n) is 6.90. The zero-order valence-corrected chi connectivity index (χ0v) is 19.5. The van der Waals surface area contributed by atoms with Gasteiger partial charge in [-0.15, -0.1) is 0 Å². The van der Waals surface area contributed by atoms with Crippen molar-refractivity contribution in [1.29, 1.82) is 0 Å². The highest BCUT2D eigenvalue weighted by atomic mass is 16.5. The second-order valence-corrected chi connectivity index (χ2v) is 9.20. The van der Waals surface area contributed by atoms with E-state index in [0.29, 0.717) is 61.6 Å². The first-order valence-corrected chi connectivity index (χ1v) is 11.8. The van der Waals surface area contributed by atoms with Gasteiger partial charge in [0.15, 0.2) is 0 Å². The molecule has 0 aromatic heterocycles. The number of imide groups is 1. The Kier molecular flexibility index (Phi) is 6.21. The van der Waals surface area contributed by atoms with E-state index >= 15 is 0 Å². The van der Waals surface area contributed by atoms with E-state index in [2.05, 4.69) is 5.32 Å². The number of hydrogen-bond acceptors (Lipinski definition) is 5. The summed E-state index contributed by atoms with van der Waals surface area (Å²) < 4.78 is 5.28. The van der Waals surface area contributed by atoms with Gasteiger partial charge in [-0.05, 0) is 68.3 Å². The van der Waals surface area contributed by atoms with Gasteiger partial charge in [0.05, 0.1) is 30.7 Å². The van der Waals surface area contributed by atoms with Gasteiger partial charge in [-0.1, -0.05) is 11.6 Å². The number of nitrogens with one attached hydrogen (secondary N) is 1. The number of carbonyl (C=O) groups is 4. The molecule has 2 fully saturated rings. The molecule has 2 aliphatic heterocycles. The van der Waals surface area contributed by atoms with Crippen LogP contribution in [0.2, 0.25) is 0 Å². The number of fused-ring (bicyclic) bond motifs is 1. The predicted molar refractivity (Wildman–Crippen MR) is 130 cm³/mol. The summed E-state index contributed by atoms with van der Waals surface area (Å²) in [4.78, 5) is 54.1. The number of benzene rings is 2. The monoisotopic (exact) mass is 473 g/mol. The van der Waals surface area contributed by atoms with E-state index < -0.39 is 0 Å². The van der Waals surface area contributed by atoms with Crippen LogP contribution in [0.1, 0.15) is 40.5 Å². The molecular weight excluding hydrogens is 446 g/mol. The summed E-state index contributed by atoms with van der Waals surface area (Å²) in [6.45, 7) is 4.20.